The third-order valence-electron chi connectivity index (χ3n) is 4.91. The lowest BCUT2D eigenvalue weighted by Crippen LogP contribution is -2.47. The summed E-state index contributed by atoms with van der Waals surface area (Å²) in [6, 6.07) is 7.99. The van der Waals surface area contributed by atoms with Crippen molar-refractivity contribution in [2.45, 2.75) is 57.3 Å². The van der Waals surface area contributed by atoms with Gasteiger partial charge in [0.05, 0.1) is 6.54 Å². The average Bonchev–Trinajstić information content (AvgIpc) is 3.37. The Morgan fingerprint density at radius 2 is 2.04 bits per heavy atom. The summed E-state index contributed by atoms with van der Waals surface area (Å²) in [4.78, 5) is 6.94. The molecule has 0 radical (unpaired) electrons. The van der Waals surface area contributed by atoms with Crippen molar-refractivity contribution in [1.29, 1.82) is 0 Å². The molecule has 1 heterocycles. The quantitative estimate of drug-likeness (QED) is 0.377. The second kappa shape index (κ2) is 9.73. The van der Waals surface area contributed by atoms with Crippen LogP contribution in [0.2, 0.25) is 0 Å². The van der Waals surface area contributed by atoms with E-state index >= 15 is 0 Å². The van der Waals surface area contributed by atoms with E-state index in [9.17, 15) is 4.39 Å². The van der Waals surface area contributed by atoms with Crippen LogP contribution in [0, 0.1) is 5.82 Å². The Morgan fingerprint density at radius 1 is 1.35 bits per heavy atom. The third-order valence-corrected chi connectivity index (χ3v) is 4.91. The Balaban J connectivity index is 0.00000243. The van der Waals surface area contributed by atoms with Crippen molar-refractivity contribution in [3.05, 3.63) is 30.1 Å². The fourth-order valence-electron chi connectivity index (χ4n) is 3.49. The van der Waals surface area contributed by atoms with Gasteiger partial charge in [-0.2, -0.15) is 0 Å². The lowest BCUT2D eigenvalue weighted by atomic mass is 10.2. The molecule has 2 N–H and O–H groups in total. The topological polar surface area (TPSA) is 48.9 Å². The lowest BCUT2D eigenvalue weighted by Gasteiger charge is -2.21. The minimum Gasteiger partial charge on any atom is -0.489 e. The highest BCUT2D eigenvalue weighted by molar-refractivity contribution is 14.0. The van der Waals surface area contributed by atoms with Gasteiger partial charge < -0.3 is 15.4 Å². The minimum atomic E-state index is -0.256. The van der Waals surface area contributed by atoms with Crippen molar-refractivity contribution in [3.63, 3.8) is 0 Å². The molecule has 146 valence electrons. The van der Waals surface area contributed by atoms with E-state index in [-0.39, 0.29) is 35.9 Å². The first-order valence-electron chi connectivity index (χ1n) is 9.20. The number of rotatable bonds is 6. The van der Waals surface area contributed by atoms with Gasteiger partial charge in [-0.05, 0) is 57.4 Å². The highest BCUT2D eigenvalue weighted by Crippen LogP contribution is 2.33. The molecule has 3 atom stereocenters. The normalized spacial score (nSPS) is 24.7. The monoisotopic (exact) mass is 476 g/mol. The maximum absolute atomic E-state index is 12.9. The van der Waals surface area contributed by atoms with E-state index in [1.807, 2.05) is 6.92 Å². The molecule has 0 amide bonds. The summed E-state index contributed by atoms with van der Waals surface area (Å²) in [5.41, 5.74) is 0. The molecule has 5 nitrogen and oxygen atoms in total. The van der Waals surface area contributed by atoms with E-state index in [4.69, 9.17) is 4.74 Å². The van der Waals surface area contributed by atoms with Gasteiger partial charge in [0.2, 0.25) is 0 Å². The number of aliphatic imine (C=N–C) groups is 1. The van der Waals surface area contributed by atoms with Crippen molar-refractivity contribution in [1.82, 2.24) is 15.5 Å². The summed E-state index contributed by atoms with van der Waals surface area (Å²) in [7, 11) is 1.79. The van der Waals surface area contributed by atoms with Gasteiger partial charge in [-0.25, -0.2) is 4.39 Å². The van der Waals surface area contributed by atoms with Crippen molar-refractivity contribution >= 4 is 29.9 Å². The van der Waals surface area contributed by atoms with Gasteiger partial charge in [-0.1, -0.05) is 0 Å². The number of guanidine groups is 1. The Morgan fingerprint density at radius 3 is 2.65 bits per heavy atom. The molecular formula is C19H30FIN4O. The van der Waals surface area contributed by atoms with E-state index in [0.29, 0.717) is 24.4 Å². The van der Waals surface area contributed by atoms with Crippen molar-refractivity contribution in [2.75, 3.05) is 20.1 Å². The number of halogens is 2. The molecule has 1 saturated heterocycles. The van der Waals surface area contributed by atoms with Gasteiger partial charge in [0.15, 0.2) is 5.96 Å². The molecule has 1 aliphatic heterocycles. The fraction of sp³-hybridized carbons (Fsp3) is 0.632. The number of hydrogen-bond donors (Lipinski definition) is 2. The molecule has 7 heteroatoms. The van der Waals surface area contributed by atoms with E-state index in [1.165, 1.54) is 25.0 Å². The second-order valence-corrected chi connectivity index (χ2v) is 7.19. The van der Waals surface area contributed by atoms with Gasteiger partial charge >= 0.3 is 0 Å². The SMILES string of the molecule is CN=C(NCC(C)Oc1ccc(F)cc1)NC1CC(C)N(C2CC2)C1.I. The second-order valence-electron chi connectivity index (χ2n) is 7.19. The van der Waals surface area contributed by atoms with Crippen molar-refractivity contribution in [2.24, 2.45) is 4.99 Å². The zero-order valence-corrected chi connectivity index (χ0v) is 18.1. The van der Waals surface area contributed by atoms with Crippen LogP contribution in [-0.2, 0) is 0 Å². The highest BCUT2D eigenvalue weighted by Gasteiger charge is 2.38. The molecule has 1 aromatic rings. The number of nitrogens with one attached hydrogen (secondary N) is 2. The lowest BCUT2D eigenvalue weighted by molar-refractivity contribution is 0.223. The predicted molar refractivity (Wildman–Crippen MR) is 114 cm³/mol. The zero-order chi connectivity index (χ0) is 17.8. The average molecular weight is 476 g/mol. The molecule has 26 heavy (non-hydrogen) atoms. The van der Waals surface area contributed by atoms with E-state index in [0.717, 1.165) is 25.0 Å². The van der Waals surface area contributed by atoms with Gasteiger partial charge in [0.1, 0.15) is 17.7 Å². The summed E-state index contributed by atoms with van der Waals surface area (Å²) < 4.78 is 18.7. The summed E-state index contributed by atoms with van der Waals surface area (Å²) in [5.74, 6) is 1.22. The van der Waals surface area contributed by atoms with Crippen LogP contribution in [0.1, 0.15) is 33.1 Å². The maximum Gasteiger partial charge on any atom is 0.191 e. The molecule has 0 bridgehead atoms. The Bertz CT molecular complexity index is 594. The zero-order valence-electron chi connectivity index (χ0n) is 15.7. The van der Waals surface area contributed by atoms with E-state index < -0.39 is 0 Å². The number of likely N-dealkylation sites (tertiary alicyclic amines) is 1. The summed E-state index contributed by atoms with van der Waals surface area (Å²) >= 11 is 0. The van der Waals surface area contributed by atoms with E-state index in [1.54, 1.807) is 19.2 Å². The van der Waals surface area contributed by atoms with Crippen LogP contribution in [0.3, 0.4) is 0 Å². The molecule has 0 aromatic heterocycles. The van der Waals surface area contributed by atoms with Crippen LogP contribution in [0.4, 0.5) is 4.39 Å². The largest absolute Gasteiger partial charge is 0.489 e. The van der Waals surface area contributed by atoms with Gasteiger partial charge in [-0.3, -0.25) is 9.89 Å². The van der Waals surface area contributed by atoms with Gasteiger partial charge in [0, 0.05) is 31.7 Å². The number of ether oxygens (including phenoxy) is 1. The standard InChI is InChI=1S/C19H29FN4O.HI/c1-13-10-16(12-24(13)17-6-7-17)23-19(21-3)22-11-14(2)25-18-8-4-15(20)5-9-18;/h4-5,8-9,13-14,16-17H,6-7,10-12H2,1-3H3,(H2,21,22,23);1H. The molecular weight excluding hydrogens is 446 g/mol. The van der Waals surface area contributed by atoms with Crippen molar-refractivity contribution < 1.29 is 9.13 Å². The Hall–Kier alpha value is -1.09. The Labute approximate surface area is 172 Å². The van der Waals surface area contributed by atoms with Gasteiger partial charge in [-0.15, -0.1) is 24.0 Å². The fourth-order valence-corrected chi connectivity index (χ4v) is 3.49. The molecule has 1 aromatic carbocycles. The van der Waals surface area contributed by atoms with Crippen LogP contribution >= 0.6 is 24.0 Å². The minimum absolute atomic E-state index is 0. The van der Waals surface area contributed by atoms with Crippen LogP contribution in [0.5, 0.6) is 5.75 Å². The molecule has 2 aliphatic rings. The molecule has 1 saturated carbocycles. The smallest absolute Gasteiger partial charge is 0.191 e. The van der Waals surface area contributed by atoms with Crippen LogP contribution in [0.15, 0.2) is 29.3 Å². The summed E-state index contributed by atoms with van der Waals surface area (Å²) in [5, 5.41) is 6.85. The number of hydrogen-bond acceptors (Lipinski definition) is 3. The number of benzene rings is 1. The molecule has 3 unspecified atom stereocenters. The van der Waals surface area contributed by atoms with Gasteiger partial charge in [0.25, 0.3) is 0 Å². The van der Waals surface area contributed by atoms with Crippen molar-refractivity contribution in [3.8, 4) is 5.75 Å². The highest BCUT2D eigenvalue weighted by atomic mass is 127. The summed E-state index contributed by atoms with van der Waals surface area (Å²) in [6.07, 6.45) is 3.80. The first kappa shape index (κ1) is 21.2. The predicted octanol–water partition coefficient (Wildman–Crippen LogP) is 3.00. The Kier molecular flexibility index (Phi) is 7.94. The van der Waals surface area contributed by atoms with Crippen LogP contribution in [0.25, 0.3) is 0 Å². The molecule has 0 spiro atoms. The maximum atomic E-state index is 12.9. The molecule has 3 rings (SSSR count). The number of nitrogens with zero attached hydrogens (tertiary/aromatic N) is 2. The first-order valence-corrected chi connectivity index (χ1v) is 9.20. The summed E-state index contributed by atoms with van der Waals surface area (Å²) in [6.45, 7) is 6.02. The van der Waals surface area contributed by atoms with Crippen LogP contribution < -0.4 is 15.4 Å². The molecule has 2 fully saturated rings. The third kappa shape index (κ3) is 5.97. The first-order chi connectivity index (χ1) is 12.0. The van der Waals surface area contributed by atoms with E-state index in [2.05, 4.69) is 27.4 Å². The molecule has 1 aliphatic carbocycles. The van der Waals surface area contributed by atoms with Crippen LogP contribution in [-0.4, -0.2) is 55.2 Å².